The van der Waals surface area contributed by atoms with Crippen LogP contribution in [0.25, 0.3) is 0 Å². The lowest BCUT2D eigenvalue weighted by molar-refractivity contribution is -0.119. The van der Waals surface area contributed by atoms with E-state index in [0.717, 1.165) is 0 Å². The lowest BCUT2D eigenvalue weighted by atomic mass is 10.2. The number of pyridine rings is 1. The summed E-state index contributed by atoms with van der Waals surface area (Å²) in [5.74, 6) is -1.09. The maximum Gasteiger partial charge on any atom is 0.341 e. The van der Waals surface area contributed by atoms with Crippen LogP contribution >= 0.6 is 11.8 Å². The SMILES string of the molecule is CSc1ncccc1C(=O)OCC(=O)Nc1cccc(C#N)c1. The van der Waals surface area contributed by atoms with Crippen LogP contribution < -0.4 is 5.32 Å². The van der Waals surface area contributed by atoms with Crippen LogP contribution in [0.1, 0.15) is 15.9 Å². The van der Waals surface area contributed by atoms with Crippen LogP contribution in [0, 0.1) is 11.3 Å². The van der Waals surface area contributed by atoms with Crippen molar-refractivity contribution in [3.8, 4) is 6.07 Å². The molecule has 1 N–H and O–H groups in total. The summed E-state index contributed by atoms with van der Waals surface area (Å²) in [4.78, 5) is 27.9. The number of hydrogen-bond acceptors (Lipinski definition) is 6. The van der Waals surface area contributed by atoms with Gasteiger partial charge >= 0.3 is 5.97 Å². The first-order chi connectivity index (χ1) is 11.1. The highest BCUT2D eigenvalue weighted by Gasteiger charge is 2.14. The van der Waals surface area contributed by atoms with E-state index < -0.39 is 18.5 Å². The number of esters is 1. The predicted molar refractivity (Wildman–Crippen MR) is 86.1 cm³/mol. The summed E-state index contributed by atoms with van der Waals surface area (Å²) in [5.41, 5.74) is 1.22. The molecule has 23 heavy (non-hydrogen) atoms. The van der Waals surface area contributed by atoms with Crippen LogP contribution in [-0.2, 0) is 9.53 Å². The highest BCUT2D eigenvalue weighted by Crippen LogP contribution is 2.17. The molecule has 2 rings (SSSR count). The second-order valence-electron chi connectivity index (χ2n) is 4.38. The second-order valence-corrected chi connectivity index (χ2v) is 5.17. The number of carbonyl (C=O) groups excluding carboxylic acids is 2. The molecule has 1 amide bonds. The van der Waals surface area contributed by atoms with Gasteiger partial charge in [0.1, 0.15) is 5.03 Å². The van der Waals surface area contributed by atoms with Crippen molar-refractivity contribution in [3.63, 3.8) is 0 Å². The molecule has 0 aliphatic heterocycles. The number of aromatic nitrogens is 1. The van der Waals surface area contributed by atoms with Crippen LogP contribution in [0.5, 0.6) is 0 Å². The Labute approximate surface area is 137 Å². The predicted octanol–water partition coefficient (Wildman–Crippen LogP) is 2.47. The third-order valence-electron chi connectivity index (χ3n) is 2.79. The van der Waals surface area contributed by atoms with Crippen molar-refractivity contribution in [2.24, 2.45) is 0 Å². The first kappa shape index (κ1) is 16.5. The zero-order valence-corrected chi connectivity index (χ0v) is 13.1. The summed E-state index contributed by atoms with van der Waals surface area (Å²) in [6, 6.07) is 11.7. The summed E-state index contributed by atoms with van der Waals surface area (Å²) in [7, 11) is 0. The van der Waals surface area contributed by atoms with Crippen molar-refractivity contribution in [2.45, 2.75) is 5.03 Å². The van der Waals surface area contributed by atoms with Crippen molar-refractivity contribution in [1.29, 1.82) is 5.26 Å². The van der Waals surface area contributed by atoms with E-state index in [2.05, 4.69) is 10.3 Å². The minimum atomic E-state index is -0.608. The van der Waals surface area contributed by atoms with Crippen LogP contribution in [0.3, 0.4) is 0 Å². The highest BCUT2D eigenvalue weighted by molar-refractivity contribution is 7.98. The molecule has 1 aromatic carbocycles. The molecular formula is C16H13N3O3S. The van der Waals surface area contributed by atoms with Gasteiger partial charge in [0.05, 0.1) is 17.2 Å². The average molecular weight is 327 g/mol. The number of ether oxygens (including phenoxy) is 1. The van der Waals surface area contributed by atoms with Gasteiger partial charge in [0.25, 0.3) is 5.91 Å². The normalized spacial score (nSPS) is 9.74. The fourth-order valence-corrected chi connectivity index (χ4v) is 2.32. The van der Waals surface area contributed by atoms with Gasteiger partial charge in [-0.2, -0.15) is 5.26 Å². The lowest BCUT2D eigenvalue weighted by Crippen LogP contribution is -2.21. The Morgan fingerprint density at radius 1 is 1.35 bits per heavy atom. The Bertz CT molecular complexity index is 771. The molecule has 0 saturated heterocycles. The molecule has 0 spiro atoms. The third-order valence-corrected chi connectivity index (χ3v) is 3.51. The van der Waals surface area contributed by atoms with Crippen molar-refractivity contribution < 1.29 is 14.3 Å². The van der Waals surface area contributed by atoms with E-state index in [1.165, 1.54) is 17.8 Å². The van der Waals surface area contributed by atoms with E-state index in [-0.39, 0.29) is 0 Å². The first-order valence-corrected chi connectivity index (χ1v) is 7.82. The number of rotatable bonds is 5. The summed E-state index contributed by atoms with van der Waals surface area (Å²) < 4.78 is 4.99. The molecule has 7 heteroatoms. The van der Waals surface area contributed by atoms with Crippen molar-refractivity contribution in [2.75, 3.05) is 18.2 Å². The first-order valence-electron chi connectivity index (χ1n) is 6.60. The van der Waals surface area contributed by atoms with Crippen LogP contribution in [0.15, 0.2) is 47.6 Å². The summed E-state index contributed by atoms with van der Waals surface area (Å²) >= 11 is 1.32. The average Bonchev–Trinajstić information content (AvgIpc) is 2.59. The Morgan fingerprint density at radius 2 is 2.17 bits per heavy atom. The number of nitrogens with one attached hydrogen (secondary N) is 1. The van der Waals surface area contributed by atoms with Gasteiger partial charge in [-0.15, -0.1) is 11.8 Å². The standard InChI is InChI=1S/C16H13N3O3S/c1-23-15-13(6-3-7-18-15)16(21)22-10-14(20)19-12-5-2-4-11(8-12)9-17/h2-8H,10H2,1H3,(H,19,20). The van der Waals surface area contributed by atoms with Gasteiger partial charge in [0, 0.05) is 11.9 Å². The number of thioether (sulfide) groups is 1. The molecule has 0 bridgehead atoms. The maximum absolute atomic E-state index is 12.0. The van der Waals surface area contributed by atoms with Gasteiger partial charge in [-0.25, -0.2) is 9.78 Å². The van der Waals surface area contributed by atoms with Gasteiger partial charge in [-0.1, -0.05) is 6.07 Å². The van der Waals surface area contributed by atoms with E-state index in [9.17, 15) is 9.59 Å². The number of hydrogen-bond donors (Lipinski definition) is 1. The highest BCUT2D eigenvalue weighted by atomic mass is 32.2. The lowest BCUT2D eigenvalue weighted by Gasteiger charge is -2.08. The summed E-state index contributed by atoms with van der Waals surface area (Å²) in [5, 5.41) is 11.9. The molecule has 0 radical (unpaired) electrons. The molecule has 0 unspecified atom stereocenters. The van der Waals surface area contributed by atoms with E-state index in [0.29, 0.717) is 21.8 Å². The number of amides is 1. The fraction of sp³-hybridized carbons (Fsp3) is 0.125. The van der Waals surface area contributed by atoms with Gasteiger partial charge in [0.2, 0.25) is 0 Å². The molecule has 1 aromatic heterocycles. The summed E-state index contributed by atoms with van der Waals surface area (Å²) in [6.45, 7) is -0.418. The smallest absolute Gasteiger partial charge is 0.341 e. The van der Waals surface area contributed by atoms with Gasteiger partial charge in [-0.3, -0.25) is 4.79 Å². The zero-order valence-electron chi connectivity index (χ0n) is 12.3. The molecule has 116 valence electrons. The van der Waals surface area contributed by atoms with E-state index in [1.807, 2.05) is 6.07 Å². The molecule has 0 aliphatic carbocycles. The number of benzene rings is 1. The number of nitriles is 1. The van der Waals surface area contributed by atoms with Crippen LogP contribution in [-0.4, -0.2) is 29.7 Å². The Morgan fingerprint density at radius 3 is 2.91 bits per heavy atom. The van der Waals surface area contributed by atoms with Crippen LogP contribution in [0.4, 0.5) is 5.69 Å². The van der Waals surface area contributed by atoms with Gasteiger partial charge < -0.3 is 10.1 Å². The monoisotopic (exact) mass is 327 g/mol. The largest absolute Gasteiger partial charge is 0.452 e. The molecule has 0 atom stereocenters. The second kappa shape index (κ2) is 7.96. The van der Waals surface area contributed by atoms with E-state index >= 15 is 0 Å². The number of carbonyl (C=O) groups is 2. The van der Waals surface area contributed by atoms with Crippen molar-refractivity contribution in [1.82, 2.24) is 4.98 Å². The molecule has 0 fully saturated rings. The minimum Gasteiger partial charge on any atom is -0.452 e. The third kappa shape index (κ3) is 4.56. The maximum atomic E-state index is 12.0. The molecule has 0 saturated carbocycles. The molecule has 0 aliphatic rings. The Balaban J connectivity index is 1.94. The van der Waals surface area contributed by atoms with Crippen molar-refractivity contribution in [3.05, 3.63) is 53.7 Å². The Hall–Kier alpha value is -2.85. The zero-order chi connectivity index (χ0) is 16.7. The van der Waals surface area contributed by atoms with E-state index in [1.54, 1.807) is 42.8 Å². The Kier molecular flexibility index (Phi) is 5.72. The number of nitrogens with zero attached hydrogens (tertiary/aromatic N) is 2. The summed E-state index contributed by atoms with van der Waals surface area (Å²) in [6.07, 6.45) is 3.38. The van der Waals surface area contributed by atoms with Crippen LogP contribution in [0.2, 0.25) is 0 Å². The van der Waals surface area contributed by atoms with E-state index in [4.69, 9.17) is 10.00 Å². The molecular weight excluding hydrogens is 314 g/mol. The minimum absolute atomic E-state index is 0.319. The number of anilines is 1. The quantitative estimate of drug-likeness (QED) is 0.670. The fourth-order valence-electron chi connectivity index (χ4n) is 1.78. The topological polar surface area (TPSA) is 92.1 Å². The van der Waals surface area contributed by atoms with Gasteiger partial charge in [0.15, 0.2) is 6.61 Å². The van der Waals surface area contributed by atoms with Crippen molar-refractivity contribution >= 4 is 29.3 Å². The van der Waals surface area contributed by atoms with Gasteiger partial charge in [-0.05, 0) is 36.6 Å². The molecule has 6 nitrogen and oxygen atoms in total. The molecule has 2 aromatic rings. The molecule has 1 heterocycles.